The van der Waals surface area contributed by atoms with Gasteiger partial charge >= 0.3 is 0 Å². The minimum atomic E-state index is 0.139. The largest absolute Gasteiger partial charge is 0.472 e. The fraction of sp³-hybridized carbons (Fsp3) is 0.625. The Morgan fingerprint density at radius 3 is 2.35 bits per heavy atom. The highest BCUT2D eigenvalue weighted by Crippen LogP contribution is 2.35. The van der Waals surface area contributed by atoms with E-state index >= 15 is 0 Å². The van der Waals surface area contributed by atoms with Gasteiger partial charge in [0.05, 0.1) is 11.4 Å². The number of aryl methyl sites for hydroxylation is 1. The Labute approximate surface area is 187 Å². The van der Waals surface area contributed by atoms with E-state index in [9.17, 15) is 0 Å². The average molecular weight is 427 g/mol. The first-order valence-corrected chi connectivity index (χ1v) is 11.7. The third-order valence-electron chi connectivity index (χ3n) is 5.86. The number of aromatic nitrogens is 3. The van der Waals surface area contributed by atoms with Gasteiger partial charge in [-0.2, -0.15) is 0 Å². The minimum Gasteiger partial charge on any atom is -0.472 e. The molecule has 31 heavy (non-hydrogen) atoms. The van der Waals surface area contributed by atoms with Gasteiger partial charge in [-0.05, 0) is 37.3 Å². The SMILES string of the molecule is CCc1nc(OC(CC)CC)c(NC)nc1-c1ccc(C(C)C)nc1N1CCNCC1. The Morgan fingerprint density at radius 2 is 1.77 bits per heavy atom. The number of pyridine rings is 1. The molecule has 2 N–H and O–H groups in total. The van der Waals surface area contributed by atoms with E-state index in [-0.39, 0.29) is 6.10 Å². The predicted molar refractivity (Wildman–Crippen MR) is 128 cm³/mol. The van der Waals surface area contributed by atoms with Crippen LogP contribution in [0, 0.1) is 0 Å². The van der Waals surface area contributed by atoms with Crippen LogP contribution in [0.25, 0.3) is 11.3 Å². The van der Waals surface area contributed by atoms with E-state index in [0.717, 1.165) is 73.9 Å². The molecule has 3 heterocycles. The fourth-order valence-corrected chi connectivity index (χ4v) is 3.86. The molecule has 1 fully saturated rings. The van der Waals surface area contributed by atoms with Crippen molar-refractivity contribution in [1.82, 2.24) is 20.3 Å². The Hall–Kier alpha value is -2.41. The maximum absolute atomic E-state index is 6.19. The summed E-state index contributed by atoms with van der Waals surface area (Å²) >= 11 is 0. The number of hydrogen-bond acceptors (Lipinski definition) is 7. The molecule has 7 heteroatoms. The van der Waals surface area contributed by atoms with Crippen LogP contribution in [0.5, 0.6) is 5.88 Å². The van der Waals surface area contributed by atoms with E-state index in [0.29, 0.717) is 17.6 Å². The predicted octanol–water partition coefficient (Wildman–Crippen LogP) is 4.24. The first-order valence-electron chi connectivity index (χ1n) is 11.7. The van der Waals surface area contributed by atoms with Crippen molar-refractivity contribution >= 4 is 11.6 Å². The van der Waals surface area contributed by atoms with Crippen LogP contribution in [0.2, 0.25) is 0 Å². The van der Waals surface area contributed by atoms with Gasteiger partial charge in [-0.1, -0.05) is 34.6 Å². The number of hydrogen-bond donors (Lipinski definition) is 2. The first kappa shape index (κ1) is 23.3. The standard InChI is InChI=1S/C24H38N6O/c1-7-17(8-2)31-24-22(25-6)29-21(19(9-3)28-24)18-10-11-20(16(4)5)27-23(18)30-14-12-26-13-15-30/h10-11,16-17,26H,7-9,12-15H2,1-6H3,(H,25,29). The summed E-state index contributed by atoms with van der Waals surface area (Å²) in [6, 6.07) is 4.30. The highest BCUT2D eigenvalue weighted by Gasteiger charge is 2.23. The van der Waals surface area contributed by atoms with Crippen LogP contribution in [0.4, 0.5) is 11.6 Å². The van der Waals surface area contributed by atoms with Crippen LogP contribution in [0.1, 0.15) is 64.8 Å². The van der Waals surface area contributed by atoms with Crippen molar-refractivity contribution in [2.75, 3.05) is 43.4 Å². The molecule has 0 amide bonds. The second-order valence-electron chi connectivity index (χ2n) is 8.33. The number of nitrogens with zero attached hydrogens (tertiary/aromatic N) is 4. The van der Waals surface area contributed by atoms with Gasteiger partial charge in [-0.15, -0.1) is 0 Å². The topological polar surface area (TPSA) is 75.2 Å². The highest BCUT2D eigenvalue weighted by atomic mass is 16.5. The Kier molecular flexibility index (Phi) is 8.07. The molecule has 1 aliphatic rings. The molecule has 0 radical (unpaired) electrons. The normalized spacial score (nSPS) is 14.4. The van der Waals surface area contributed by atoms with Gasteiger partial charge in [0.15, 0.2) is 5.82 Å². The zero-order valence-corrected chi connectivity index (χ0v) is 20.0. The number of piperazine rings is 1. The number of nitrogens with one attached hydrogen (secondary N) is 2. The quantitative estimate of drug-likeness (QED) is 0.621. The zero-order chi connectivity index (χ0) is 22.4. The minimum absolute atomic E-state index is 0.139. The summed E-state index contributed by atoms with van der Waals surface area (Å²) < 4.78 is 6.19. The number of anilines is 2. The first-order chi connectivity index (χ1) is 15.0. The van der Waals surface area contributed by atoms with Crippen LogP contribution >= 0.6 is 0 Å². The molecule has 2 aromatic rings. The van der Waals surface area contributed by atoms with Gasteiger partial charge in [0, 0.05) is 44.5 Å². The number of ether oxygens (including phenoxy) is 1. The summed E-state index contributed by atoms with van der Waals surface area (Å²) in [5, 5.41) is 6.63. The van der Waals surface area contributed by atoms with Crippen LogP contribution in [-0.2, 0) is 6.42 Å². The van der Waals surface area contributed by atoms with Gasteiger partial charge in [-0.3, -0.25) is 0 Å². The van der Waals surface area contributed by atoms with Crippen molar-refractivity contribution < 1.29 is 4.74 Å². The van der Waals surface area contributed by atoms with Crippen LogP contribution < -0.4 is 20.3 Å². The summed E-state index contributed by atoms with van der Waals surface area (Å²) in [5.74, 6) is 2.65. The third kappa shape index (κ3) is 5.26. The molecule has 2 aromatic heterocycles. The second-order valence-corrected chi connectivity index (χ2v) is 8.33. The maximum atomic E-state index is 6.19. The average Bonchev–Trinajstić information content (AvgIpc) is 2.82. The van der Waals surface area contributed by atoms with Gasteiger partial charge in [0.25, 0.3) is 5.88 Å². The van der Waals surface area contributed by atoms with Gasteiger partial charge < -0.3 is 20.3 Å². The van der Waals surface area contributed by atoms with Crippen molar-refractivity contribution in [3.63, 3.8) is 0 Å². The molecule has 3 rings (SSSR count). The number of rotatable bonds is 9. The molecule has 170 valence electrons. The van der Waals surface area contributed by atoms with Crippen molar-refractivity contribution in [3.8, 4) is 17.1 Å². The van der Waals surface area contributed by atoms with E-state index in [1.54, 1.807) is 0 Å². The fourth-order valence-electron chi connectivity index (χ4n) is 3.86. The monoisotopic (exact) mass is 426 g/mol. The molecule has 0 spiro atoms. The third-order valence-corrected chi connectivity index (χ3v) is 5.86. The Bertz CT molecular complexity index is 859. The molecule has 0 saturated carbocycles. The van der Waals surface area contributed by atoms with E-state index < -0.39 is 0 Å². The second kappa shape index (κ2) is 10.8. The molecule has 0 atom stereocenters. The van der Waals surface area contributed by atoms with Crippen molar-refractivity contribution in [3.05, 3.63) is 23.5 Å². The zero-order valence-electron chi connectivity index (χ0n) is 20.0. The summed E-state index contributed by atoms with van der Waals surface area (Å²) in [4.78, 5) is 17.4. The van der Waals surface area contributed by atoms with E-state index in [1.807, 2.05) is 7.05 Å². The molecule has 0 aliphatic carbocycles. The smallest absolute Gasteiger partial charge is 0.257 e. The van der Waals surface area contributed by atoms with Crippen LogP contribution in [0.15, 0.2) is 12.1 Å². The van der Waals surface area contributed by atoms with Gasteiger partial charge in [-0.25, -0.2) is 15.0 Å². The summed E-state index contributed by atoms with van der Waals surface area (Å²) in [5.41, 5.74) is 3.97. The maximum Gasteiger partial charge on any atom is 0.257 e. The van der Waals surface area contributed by atoms with Crippen LogP contribution in [-0.4, -0.2) is 54.3 Å². The Balaban J connectivity index is 2.12. The lowest BCUT2D eigenvalue weighted by Gasteiger charge is -2.31. The molecular weight excluding hydrogens is 388 g/mol. The molecule has 1 aliphatic heterocycles. The summed E-state index contributed by atoms with van der Waals surface area (Å²) in [7, 11) is 1.87. The lowest BCUT2D eigenvalue weighted by atomic mass is 10.0. The molecular formula is C24H38N6O. The van der Waals surface area contributed by atoms with E-state index in [1.165, 1.54) is 0 Å². The van der Waals surface area contributed by atoms with Crippen molar-refractivity contribution in [2.24, 2.45) is 0 Å². The Morgan fingerprint density at radius 1 is 1.06 bits per heavy atom. The van der Waals surface area contributed by atoms with Crippen LogP contribution in [0.3, 0.4) is 0 Å². The molecule has 0 bridgehead atoms. The molecule has 1 saturated heterocycles. The van der Waals surface area contributed by atoms with E-state index in [4.69, 9.17) is 19.7 Å². The van der Waals surface area contributed by atoms with Crippen molar-refractivity contribution in [1.29, 1.82) is 0 Å². The van der Waals surface area contributed by atoms with Crippen molar-refractivity contribution in [2.45, 2.75) is 65.9 Å². The lowest BCUT2D eigenvalue weighted by molar-refractivity contribution is 0.185. The lowest BCUT2D eigenvalue weighted by Crippen LogP contribution is -2.44. The van der Waals surface area contributed by atoms with E-state index in [2.05, 4.69) is 62.3 Å². The summed E-state index contributed by atoms with van der Waals surface area (Å²) in [6.07, 6.45) is 2.80. The van der Waals surface area contributed by atoms with Gasteiger partial charge in [0.1, 0.15) is 11.9 Å². The molecule has 7 nitrogen and oxygen atoms in total. The molecule has 0 unspecified atom stereocenters. The molecule has 0 aromatic carbocycles. The highest BCUT2D eigenvalue weighted by molar-refractivity contribution is 5.76. The van der Waals surface area contributed by atoms with Gasteiger partial charge in [0.2, 0.25) is 0 Å². The summed E-state index contributed by atoms with van der Waals surface area (Å²) in [6.45, 7) is 14.6.